The van der Waals surface area contributed by atoms with Gasteiger partial charge in [0.15, 0.2) is 0 Å². The maximum absolute atomic E-state index is 12.1. The topological polar surface area (TPSA) is 58.1 Å². The first-order chi connectivity index (χ1) is 10.7. The number of aromatic nitrogens is 2. The minimum Gasteiger partial charge on any atom is -0.353 e. The summed E-state index contributed by atoms with van der Waals surface area (Å²) in [5.41, 5.74) is 0.916. The van der Waals surface area contributed by atoms with E-state index in [0.717, 1.165) is 31.7 Å². The average Bonchev–Trinajstić information content (AvgIpc) is 2.47. The largest absolute Gasteiger partial charge is 0.353 e. The highest BCUT2D eigenvalue weighted by atomic mass is 16.1. The van der Waals surface area contributed by atoms with Crippen molar-refractivity contribution in [2.45, 2.75) is 57.9 Å². The van der Waals surface area contributed by atoms with Crippen molar-refractivity contribution in [3.63, 3.8) is 0 Å². The molecule has 1 aromatic rings. The number of likely N-dealkylation sites (tertiary alicyclic amines) is 1. The lowest BCUT2D eigenvalue weighted by Crippen LogP contribution is -2.37. The number of nitrogens with zero attached hydrogens (tertiary/aromatic N) is 3. The fraction of sp³-hybridized carbons (Fsp3) is 0.706. The number of nitrogens with one attached hydrogen (secondary N) is 1. The molecule has 0 saturated carbocycles. The Hall–Kier alpha value is -1.49. The molecule has 1 unspecified atom stereocenters. The van der Waals surface area contributed by atoms with Crippen LogP contribution in [0.4, 0.5) is 0 Å². The first kappa shape index (κ1) is 16.9. The van der Waals surface area contributed by atoms with E-state index in [4.69, 9.17) is 0 Å². The molecule has 5 nitrogen and oxygen atoms in total. The smallest absolute Gasteiger partial charge is 0.221 e. The van der Waals surface area contributed by atoms with Crippen molar-refractivity contribution in [2.24, 2.45) is 0 Å². The van der Waals surface area contributed by atoms with Gasteiger partial charge in [0, 0.05) is 44.0 Å². The second kappa shape index (κ2) is 9.51. The summed E-state index contributed by atoms with van der Waals surface area (Å²) in [4.78, 5) is 22.8. The molecule has 5 heteroatoms. The van der Waals surface area contributed by atoms with E-state index in [1.54, 1.807) is 18.6 Å². The number of rotatable bonds is 6. The Bertz CT molecular complexity index is 430. The summed E-state index contributed by atoms with van der Waals surface area (Å²) in [6.45, 7) is 5.18. The van der Waals surface area contributed by atoms with E-state index in [-0.39, 0.29) is 11.9 Å². The maximum atomic E-state index is 12.1. The molecule has 0 aliphatic carbocycles. The molecular weight excluding hydrogens is 276 g/mol. The van der Waals surface area contributed by atoms with E-state index in [9.17, 15) is 4.79 Å². The molecule has 2 rings (SSSR count). The lowest BCUT2D eigenvalue weighted by molar-refractivity contribution is -0.122. The molecule has 1 N–H and O–H groups in total. The highest BCUT2D eigenvalue weighted by Crippen LogP contribution is 2.10. The van der Waals surface area contributed by atoms with Crippen molar-refractivity contribution in [3.8, 4) is 0 Å². The van der Waals surface area contributed by atoms with Gasteiger partial charge in [0.05, 0.1) is 5.69 Å². The van der Waals surface area contributed by atoms with Crippen molar-refractivity contribution in [1.82, 2.24) is 20.2 Å². The third kappa shape index (κ3) is 6.52. The van der Waals surface area contributed by atoms with Crippen LogP contribution in [0.3, 0.4) is 0 Å². The van der Waals surface area contributed by atoms with Gasteiger partial charge in [-0.15, -0.1) is 0 Å². The van der Waals surface area contributed by atoms with Gasteiger partial charge in [0.2, 0.25) is 5.91 Å². The summed E-state index contributed by atoms with van der Waals surface area (Å²) >= 11 is 0. The zero-order chi connectivity index (χ0) is 15.6. The Balaban J connectivity index is 1.66. The normalized spacial score (nSPS) is 18.2. The van der Waals surface area contributed by atoms with Gasteiger partial charge < -0.3 is 10.2 Å². The minimum absolute atomic E-state index is 0.0940. The lowest BCUT2D eigenvalue weighted by Gasteiger charge is -2.24. The van der Waals surface area contributed by atoms with Crippen molar-refractivity contribution in [3.05, 3.63) is 24.3 Å². The van der Waals surface area contributed by atoms with Crippen molar-refractivity contribution < 1.29 is 4.79 Å². The van der Waals surface area contributed by atoms with Crippen LogP contribution in [0, 0.1) is 0 Å². The average molecular weight is 304 g/mol. The summed E-state index contributed by atoms with van der Waals surface area (Å²) in [6.07, 6.45) is 13.0. The van der Waals surface area contributed by atoms with Crippen LogP contribution in [-0.4, -0.2) is 46.5 Å². The van der Waals surface area contributed by atoms with Crippen LogP contribution in [-0.2, 0) is 11.2 Å². The van der Waals surface area contributed by atoms with E-state index in [0.29, 0.717) is 6.42 Å². The lowest BCUT2D eigenvalue weighted by atomic mass is 10.1. The third-order valence-corrected chi connectivity index (χ3v) is 4.14. The molecule has 1 saturated heterocycles. The Morgan fingerprint density at radius 2 is 1.95 bits per heavy atom. The second-order valence-electron chi connectivity index (χ2n) is 6.23. The zero-order valence-corrected chi connectivity index (χ0v) is 13.6. The Kier molecular flexibility index (Phi) is 7.30. The van der Waals surface area contributed by atoms with Gasteiger partial charge in [-0.25, -0.2) is 0 Å². The Morgan fingerprint density at radius 1 is 1.23 bits per heavy atom. The maximum Gasteiger partial charge on any atom is 0.221 e. The first-order valence-electron chi connectivity index (χ1n) is 8.50. The van der Waals surface area contributed by atoms with Crippen LogP contribution in [0.5, 0.6) is 0 Å². The van der Waals surface area contributed by atoms with Gasteiger partial charge >= 0.3 is 0 Å². The fourth-order valence-electron chi connectivity index (χ4n) is 2.94. The van der Waals surface area contributed by atoms with Gasteiger partial charge in [0.1, 0.15) is 0 Å². The number of carbonyl (C=O) groups is 1. The van der Waals surface area contributed by atoms with E-state index in [1.807, 2.05) is 6.92 Å². The summed E-state index contributed by atoms with van der Waals surface area (Å²) in [6, 6.07) is 0.0940. The summed E-state index contributed by atoms with van der Waals surface area (Å²) < 4.78 is 0. The quantitative estimate of drug-likeness (QED) is 0.875. The molecule has 1 fully saturated rings. The van der Waals surface area contributed by atoms with Crippen LogP contribution in [0.1, 0.15) is 51.1 Å². The molecule has 1 aliphatic heterocycles. The van der Waals surface area contributed by atoms with Crippen LogP contribution < -0.4 is 5.32 Å². The Labute approximate surface area is 133 Å². The number of hydrogen-bond acceptors (Lipinski definition) is 4. The SMILES string of the molecule is CC(Cc1cnccn1)NC(=O)CCN1CCCCCCC1. The molecular formula is C17H28N4O. The van der Waals surface area contributed by atoms with Crippen LogP contribution in [0.25, 0.3) is 0 Å². The van der Waals surface area contributed by atoms with Gasteiger partial charge in [-0.1, -0.05) is 19.3 Å². The molecule has 1 amide bonds. The molecule has 1 aromatic heterocycles. The summed E-state index contributed by atoms with van der Waals surface area (Å²) in [5.74, 6) is 0.137. The van der Waals surface area contributed by atoms with Gasteiger partial charge in [-0.3, -0.25) is 14.8 Å². The molecule has 0 spiro atoms. The van der Waals surface area contributed by atoms with E-state index < -0.39 is 0 Å². The molecule has 1 aliphatic rings. The molecule has 2 heterocycles. The molecule has 0 aromatic carbocycles. The predicted octanol–water partition coefficient (Wildman–Crippen LogP) is 2.18. The summed E-state index contributed by atoms with van der Waals surface area (Å²) in [5, 5.41) is 3.06. The fourth-order valence-corrected chi connectivity index (χ4v) is 2.94. The van der Waals surface area contributed by atoms with E-state index in [1.165, 1.54) is 32.1 Å². The van der Waals surface area contributed by atoms with E-state index in [2.05, 4.69) is 20.2 Å². The van der Waals surface area contributed by atoms with Crippen molar-refractivity contribution in [2.75, 3.05) is 19.6 Å². The molecule has 22 heavy (non-hydrogen) atoms. The standard InChI is InChI=1S/C17H28N4O/c1-15(13-16-14-18-8-9-19-16)20-17(22)7-12-21-10-5-3-2-4-6-11-21/h8-9,14-15H,2-7,10-13H2,1H3,(H,20,22). The predicted molar refractivity (Wildman–Crippen MR) is 87.5 cm³/mol. The summed E-state index contributed by atoms with van der Waals surface area (Å²) in [7, 11) is 0. The molecule has 1 atom stereocenters. The first-order valence-corrected chi connectivity index (χ1v) is 8.50. The molecule has 122 valence electrons. The monoisotopic (exact) mass is 304 g/mol. The highest BCUT2D eigenvalue weighted by Gasteiger charge is 2.12. The number of carbonyl (C=O) groups excluding carboxylic acids is 1. The van der Waals surface area contributed by atoms with Crippen LogP contribution >= 0.6 is 0 Å². The zero-order valence-electron chi connectivity index (χ0n) is 13.6. The van der Waals surface area contributed by atoms with Gasteiger partial charge in [0.25, 0.3) is 0 Å². The van der Waals surface area contributed by atoms with Crippen LogP contribution in [0.15, 0.2) is 18.6 Å². The van der Waals surface area contributed by atoms with Gasteiger partial charge in [-0.2, -0.15) is 0 Å². The minimum atomic E-state index is 0.0940. The van der Waals surface area contributed by atoms with Gasteiger partial charge in [-0.05, 0) is 32.9 Å². The molecule has 0 radical (unpaired) electrons. The Morgan fingerprint density at radius 3 is 2.64 bits per heavy atom. The third-order valence-electron chi connectivity index (χ3n) is 4.14. The van der Waals surface area contributed by atoms with Crippen molar-refractivity contribution >= 4 is 5.91 Å². The van der Waals surface area contributed by atoms with E-state index >= 15 is 0 Å². The number of hydrogen-bond donors (Lipinski definition) is 1. The van der Waals surface area contributed by atoms with Crippen molar-refractivity contribution in [1.29, 1.82) is 0 Å². The number of amides is 1. The molecule has 0 bridgehead atoms. The highest BCUT2D eigenvalue weighted by molar-refractivity contribution is 5.76. The second-order valence-corrected chi connectivity index (χ2v) is 6.23. The van der Waals surface area contributed by atoms with Crippen LogP contribution in [0.2, 0.25) is 0 Å².